The molecular formula is C25H26BrN3O2. The van der Waals surface area contributed by atoms with Crippen molar-refractivity contribution in [1.29, 1.82) is 0 Å². The first-order valence-electron chi connectivity index (χ1n) is 10.1. The first-order valence-corrected chi connectivity index (χ1v) is 10.9. The third-order valence-corrected chi connectivity index (χ3v) is 5.38. The van der Waals surface area contributed by atoms with Gasteiger partial charge in [-0.1, -0.05) is 64.5 Å². The highest BCUT2D eigenvalue weighted by Gasteiger charge is 2.12. The molecule has 0 spiro atoms. The number of amides is 2. The van der Waals surface area contributed by atoms with Gasteiger partial charge in [-0.2, -0.15) is 0 Å². The number of nitrogens with one attached hydrogen (secondary N) is 2. The monoisotopic (exact) mass is 479 g/mol. The number of halogens is 1. The van der Waals surface area contributed by atoms with Crippen molar-refractivity contribution in [3.05, 3.63) is 82.8 Å². The summed E-state index contributed by atoms with van der Waals surface area (Å²) in [5, 5.41) is 5.92. The number of likely N-dealkylation sites (N-methyl/N-ethyl adjacent to an activating group) is 1. The van der Waals surface area contributed by atoms with Crippen LogP contribution in [0.2, 0.25) is 0 Å². The van der Waals surface area contributed by atoms with E-state index in [2.05, 4.69) is 26.6 Å². The smallest absolute Gasteiger partial charge is 0.238 e. The molecule has 31 heavy (non-hydrogen) atoms. The van der Waals surface area contributed by atoms with E-state index in [0.29, 0.717) is 13.0 Å². The molecule has 0 saturated heterocycles. The van der Waals surface area contributed by atoms with E-state index in [4.69, 9.17) is 0 Å². The Bertz CT molecular complexity index is 1050. The van der Waals surface area contributed by atoms with Gasteiger partial charge in [0.2, 0.25) is 11.8 Å². The highest BCUT2D eigenvalue weighted by Crippen LogP contribution is 2.27. The molecule has 2 amide bonds. The zero-order valence-corrected chi connectivity index (χ0v) is 19.3. The molecular weight excluding hydrogens is 454 g/mol. The lowest BCUT2D eigenvalue weighted by Crippen LogP contribution is -2.32. The second-order valence-electron chi connectivity index (χ2n) is 7.45. The summed E-state index contributed by atoms with van der Waals surface area (Å²) in [5.74, 6) is -0.192. The van der Waals surface area contributed by atoms with Gasteiger partial charge >= 0.3 is 0 Å². The molecule has 0 unspecified atom stereocenters. The maximum Gasteiger partial charge on any atom is 0.238 e. The number of carbonyl (C=O) groups excluding carboxylic acids is 2. The summed E-state index contributed by atoms with van der Waals surface area (Å²) in [5.41, 5.74) is 4.59. The van der Waals surface area contributed by atoms with E-state index in [1.165, 1.54) is 0 Å². The topological polar surface area (TPSA) is 61.4 Å². The van der Waals surface area contributed by atoms with Crippen LogP contribution >= 0.6 is 15.9 Å². The van der Waals surface area contributed by atoms with Crippen molar-refractivity contribution in [2.45, 2.75) is 13.3 Å². The Morgan fingerprint density at radius 3 is 2.29 bits per heavy atom. The van der Waals surface area contributed by atoms with Gasteiger partial charge < -0.3 is 10.6 Å². The lowest BCUT2D eigenvalue weighted by molar-refractivity contribution is -0.119. The van der Waals surface area contributed by atoms with Crippen LogP contribution in [-0.2, 0) is 9.59 Å². The van der Waals surface area contributed by atoms with E-state index in [1.807, 2.05) is 91.7 Å². The summed E-state index contributed by atoms with van der Waals surface area (Å²) in [4.78, 5) is 26.7. The van der Waals surface area contributed by atoms with Crippen molar-refractivity contribution in [1.82, 2.24) is 4.90 Å². The zero-order chi connectivity index (χ0) is 22.2. The molecule has 0 heterocycles. The van der Waals surface area contributed by atoms with Gasteiger partial charge in [0, 0.05) is 34.4 Å². The Balaban J connectivity index is 1.50. The minimum absolute atomic E-state index is 0.0839. The first kappa shape index (κ1) is 22.7. The Labute approximate surface area is 191 Å². The molecule has 0 radical (unpaired) electrons. The summed E-state index contributed by atoms with van der Waals surface area (Å²) in [6, 6.07) is 23.4. The van der Waals surface area contributed by atoms with Crippen molar-refractivity contribution in [2.24, 2.45) is 0 Å². The second-order valence-corrected chi connectivity index (χ2v) is 8.37. The van der Waals surface area contributed by atoms with Gasteiger partial charge in [-0.3, -0.25) is 14.5 Å². The quantitative estimate of drug-likeness (QED) is 0.459. The van der Waals surface area contributed by atoms with Gasteiger partial charge in [0.25, 0.3) is 0 Å². The minimum atomic E-state index is -0.109. The van der Waals surface area contributed by atoms with Crippen LogP contribution in [0.1, 0.15) is 12.0 Å². The summed E-state index contributed by atoms with van der Waals surface area (Å²) in [6.45, 7) is 2.64. The zero-order valence-electron chi connectivity index (χ0n) is 17.7. The molecule has 6 heteroatoms. The molecule has 3 aromatic carbocycles. The second kappa shape index (κ2) is 10.9. The van der Waals surface area contributed by atoms with Crippen molar-refractivity contribution >= 4 is 39.1 Å². The lowest BCUT2D eigenvalue weighted by Gasteiger charge is -2.17. The number of hydrogen-bond acceptors (Lipinski definition) is 3. The van der Waals surface area contributed by atoms with E-state index in [0.717, 1.165) is 32.5 Å². The number of anilines is 2. The fourth-order valence-electron chi connectivity index (χ4n) is 3.25. The van der Waals surface area contributed by atoms with Crippen molar-refractivity contribution in [3.8, 4) is 11.1 Å². The van der Waals surface area contributed by atoms with Crippen molar-refractivity contribution in [2.75, 3.05) is 30.8 Å². The fourth-order valence-corrected chi connectivity index (χ4v) is 3.72. The third-order valence-electron chi connectivity index (χ3n) is 4.88. The molecule has 0 atom stereocenters. The van der Waals surface area contributed by atoms with Crippen LogP contribution in [0, 0.1) is 6.92 Å². The van der Waals surface area contributed by atoms with Crippen LogP contribution in [0.3, 0.4) is 0 Å². The molecule has 0 aromatic heterocycles. The molecule has 0 fully saturated rings. The first-order chi connectivity index (χ1) is 14.9. The largest absolute Gasteiger partial charge is 0.325 e. The van der Waals surface area contributed by atoms with Crippen LogP contribution in [0.25, 0.3) is 11.1 Å². The van der Waals surface area contributed by atoms with Gasteiger partial charge in [0.15, 0.2) is 0 Å². The number of para-hydroxylation sites is 1. The number of rotatable bonds is 8. The summed E-state index contributed by atoms with van der Waals surface area (Å²) in [7, 11) is 1.83. The van der Waals surface area contributed by atoms with Crippen LogP contribution in [0.15, 0.2) is 77.3 Å². The summed E-state index contributed by atoms with van der Waals surface area (Å²) in [6.07, 6.45) is 0.296. The molecule has 160 valence electrons. The molecule has 5 nitrogen and oxygen atoms in total. The predicted octanol–water partition coefficient (Wildman–Crippen LogP) is 5.32. The standard InChI is InChI=1S/C25H26BrN3O2/c1-18-16-20(26)12-13-22(18)27-25(31)17-29(2)15-14-24(30)28-23-11-7-6-10-21(23)19-8-4-3-5-9-19/h3-13,16H,14-15,17H2,1-2H3,(H,27,31)(H,28,30). The summed E-state index contributed by atoms with van der Waals surface area (Å²) >= 11 is 3.42. The molecule has 0 aliphatic carbocycles. The van der Waals surface area contributed by atoms with E-state index in [9.17, 15) is 9.59 Å². The van der Waals surface area contributed by atoms with E-state index in [-0.39, 0.29) is 18.4 Å². The fraction of sp³-hybridized carbons (Fsp3) is 0.200. The van der Waals surface area contributed by atoms with E-state index in [1.54, 1.807) is 0 Å². The molecule has 0 bridgehead atoms. The molecule has 3 aromatic rings. The Kier molecular flexibility index (Phi) is 7.98. The highest BCUT2D eigenvalue weighted by atomic mass is 79.9. The molecule has 0 aliphatic rings. The Morgan fingerprint density at radius 1 is 0.871 bits per heavy atom. The average Bonchev–Trinajstić information content (AvgIpc) is 2.75. The lowest BCUT2D eigenvalue weighted by atomic mass is 10.0. The summed E-state index contributed by atoms with van der Waals surface area (Å²) < 4.78 is 0.972. The molecule has 3 rings (SSSR count). The highest BCUT2D eigenvalue weighted by molar-refractivity contribution is 9.10. The molecule has 2 N–H and O–H groups in total. The Morgan fingerprint density at radius 2 is 1.55 bits per heavy atom. The number of nitrogens with zero attached hydrogens (tertiary/aromatic N) is 1. The van der Waals surface area contributed by atoms with Gasteiger partial charge in [0.1, 0.15) is 0 Å². The number of benzene rings is 3. The number of carbonyl (C=O) groups is 2. The van der Waals surface area contributed by atoms with E-state index < -0.39 is 0 Å². The Hall–Kier alpha value is -2.96. The van der Waals surface area contributed by atoms with Gasteiger partial charge in [-0.15, -0.1) is 0 Å². The minimum Gasteiger partial charge on any atom is -0.325 e. The number of hydrogen-bond donors (Lipinski definition) is 2. The number of aryl methyl sites for hydroxylation is 1. The van der Waals surface area contributed by atoms with Crippen LogP contribution < -0.4 is 10.6 Å². The van der Waals surface area contributed by atoms with Gasteiger partial charge in [-0.05, 0) is 49.4 Å². The van der Waals surface area contributed by atoms with Crippen LogP contribution in [0.5, 0.6) is 0 Å². The normalized spacial score (nSPS) is 10.7. The van der Waals surface area contributed by atoms with Crippen LogP contribution in [-0.4, -0.2) is 36.9 Å². The maximum atomic E-state index is 12.5. The van der Waals surface area contributed by atoms with Gasteiger partial charge in [0.05, 0.1) is 6.54 Å². The van der Waals surface area contributed by atoms with Crippen molar-refractivity contribution in [3.63, 3.8) is 0 Å². The van der Waals surface area contributed by atoms with Gasteiger partial charge in [-0.25, -0.2) is 0 Å². The van der Waals surface area contributed by atoms with E-state index >= 15 is 0 Å². The SMILES string of the molecule is Cc1cc(Br)ccc1NC(=O)CN(C)CCC(=O)Nc1ccccc1-c1ccccc1. The molecule has 0 aliphatic heterocycles. The average molecular weight is 480 g/mol. The third kappa shape index (κ3) is 6.77. The van der Waals surface area contributed by atoms with Crippen molar-refractivity contribution < 1.29 is 9.59 Å². The van der Waals surface area contributed by atoms with Crippen LogP contribution in [0.4, 0.5) is 11.4 Å². The maximum absolute atomic E-state index is 12.5. The predicted molar refractivity (Wildman–Crippen MR) is 130 cm³/mol. The molecule has 0 saturated carbocycles.